The van der Waals surface area contributed by atoms with E-state index in [0.717, 1.165) is 12.0 Å². The second-order valence-electron chi connectivity index (χ2n) is 6.64. The van der Waals surface area contributed by atoms with Crippen LogP contribution in [0.1, 0.15) is 24.8 Å². The lowest BCUT2D eigenvalue weighted by Gasteiger charge is -2.39. The number of esters is 1. The van der Waals surface area contributed by atoms with Crippen LogP contribution >= 0.6 is 11.6 Å². The highest BCUT2D eigenvalue weighted by molar-refractivity contribution is 7.89. The number of sulfonamides is 1. The second kappa shape index (κ2) is 7.90. The van der Waals surface area contributed by atoms with Gasteiger partial charge in [-0.15, -0.1) is 0 Å². The van der Waals surface area contributed by atoms with E-state index < -0.39 is 33.9 Å². The molecule has 1 aliphatic rings. The third kappa shape index (κ3) is 4.35. The summed E-state index contributed by atoms with van der Waals surface area (Å²) in [5.41, 5.74) is 0.457. The van der Waals surface area contributed by atoms with Crippen LogP contribution in [0.3, 0.4) is 0 Å². The van der Waals surface area contributed by atoms with Gasteiger partial charge in [0.2, 0.25) is 10.0 Å². The Morgan fingerprint density at radius 3 is 2.18 bits per heavy atom. The van der Waals surface area contributed by atoms with Gasteiger partial charge < -0.3 is 10.1 Å². The van der Waals surface area contributed by atoms with Crippen LogP contribution in [0.5, 0.6) is 0 Å². The van der Waals surface area contributed by atoms with Crippen molar-refractivity contribution in [2.45, 2.75) is 29.6 Å². The summed E-state index contributed by atoms with van der Waals surface area (Å²) in [7, 11) is -3.80. The van der Waals surface area contributed by atoms with E-state index in [1.807, 2.05) is 0 Å². The van der Waals surface area contributed by atoms with Gasteiger partial charge in [0.25, 0.3) is 5.91 Å². The summed E-state index contributed by atoms with van der Waals surface area (Å²) in [6, 6.07) is 12.4. The molecule has 1 fully saturated rings. The minimum Gasteiger partial charge on any atom is -0.455 e. The van der Waals surface area contributed by atoms with Crippen LogP contribution in [0.15, 0.2) is 53.4 Å². The van der Waals surface area contributed by atoms with E-state index in [4.69, 9.17) is 21.5 Å². The normalized spacial score (nSPS) is 15.4. The molecular weight excluding hydrogens is 404 g/mol. The van der Waals surface area contributed by atoms with Crippen molar-refractivity contribution < 1.29 is 22.7 Å². The van der Waals surface area contributed by atoms with Gasteiger partial charge in [0.1, 0.15) is 0 Å². The average Bonchev–Trinajstić information content (AvgIpc) is 2.60. The van der Waals surface area contributed by atoms with Crippen LogP contribution in [0, 0.1) is 0 Å². The lowest BCUT2D eigenvalue weighted by molar-refractivity contribution is -0.156. The fourth-order valence-electron chi connectivity index (χ4n) is 3.10. The molecule has 0 aromatic heterocycles. The summed E-state index contributed by atoms with van der Waals surface area (Å²) < 4.78 is 27.7. The number of benzene rings is 2. The number of ether oxygens (including phenoxy) is 1. The summed E-state index contributed by atoms with van der Waals surface area (Å²) in [6.45, 7) is -0.439. The summed E-state index contributed by atoms with van der Waals surface area (Å²) in [5.74, 6) is -0.969. The molecule has 1 saturated carbocycles. The second-order valence-corrected chi connectivity index (χ2v) is 8.63. The topological polar surface area (TPSA) is 116 Å². The number of carbonyl (C=O) groups excluding carboxylic acids is 2. The van der Waals surface area contributed by atoms with Crippen molar-refractivity contribution in [3.05, 3.63) is 59.1 Å². The molecule has 1 aliphatic carbocycles. The fraction of sp³-hybridized carbons (Fsp3) is 0.263. The molecule has 3 rings (SSSR count). The van der Waals surface area contributed by atoms with Crippen molar-refractivity contribution in [2.75, 3.05) is 11.9 Å². The number of anilines is 1. The van der Waals surface area contributed by atoms with E-state index >= 15 is 0 Å². The van der Waals surface area contributed by atoms with Crippen LogP contribution in [0.4, 0.5) is 5.69 Å². The summed E-state index contributed by atoms with van der Waals surface area (Å²) in [5, 5.41) is 8.15. The molecule has 3 N–H and O–H groups in total. The van der Waals surface area contributed by atoms with Crippen molar-refractivity contribution >= 4 is 39.2 Å². The molecule has 148 valence electrons. The zero-order valence-electron chi connectivity index (χ0n) is 14.9. The Morgan fingerprint density at radius 1 is 1.07 bits per heavy atom. The molecule has 2 aromatic carbocycles. The largest absolute Gasteiger partial charge is 0.455 e. The van der Waals surface area contributed by atoms with Gasteiger partial charge in [0.15, 0.2) is 6.61 Å². The smallest absolute Gasteiger partial charge is 0.317 e. The van der Waals surface area contributed by atoms with E-state index in [1.54, 1.807) is 24.3 Å². The molecule has 7 nitrogen and oxygen atoms in total. The number of halogens is 1. The summed E-state index contributed by atoms with van der Waals surface area (Å²) >= 11 is 5.91. The first kappa shape index (κ1) is 20.3. The maximum atomic E-state index is 12.6. The molecular formula is C19H19ClN2O5S. The SMILES string of the molecule is NS(=O)(=O)c1ccc(NC(=O)COC(=O)C2(c3ccc(Cl)cc3)CCC2)cc1. The molecule has 28 heavy (non-hydrogen) atoms. The molecule has 0 aliphatic heterocycles. The Balaban J connectivity index is 1.59. The number of nitrogens with two attached hydrogens (primary N) is 1. The Labute approximate surface area is 167 Å². The first-order chi connectivity index (χ1) is 13.2. The van der Waals surface area contributed by atoms with Crippen LogP contribution in [0.2, 0.25) is 5.02 Å². The summed E-state index contributed by atoms with van der Waals surface area (Å²) in [6.07, 6.45) is 2.22. The highest BCUT2D eigenvalue weighted by atomic mass is 35.5. The standard InChI is InChI=1S/C19H19ClN2O5S/c20-14-4-2-13(3-5-14)19(10-1-11-19)18(24)27-12-17(23)22-15-6-8-16(9-7-15)28(21,25)26/h2-9H,1,10-12H2,(H,22,23)(H2,21,25,26). The molecule has 0 bridgehead atoms. The van der Waals surface area contributed by atoms with E-state index in [1.165, 1.54) is 24.3 Å². The maximum Gasteiger partial charge on any atom is 0.317 e. The fourth-order valence-corrected chi connectivity index (χ4v) is 3.75. The molecule has 0 heterocycles. The van der Waals surface area contributed by atoms with Crippen molar-refractivity contribution in [3.63, 3.8) is 0 Å². The molecule has 0 atom stereocenters. The Kier molecular flexibility index (Phi) is 5.74. The van der Waals surface area contributed by atoms with E-state index in [9.17, 15) is 18.0 Å². The first-order valence-electron chi connectivity index (χ1n) is 8.57. The van der Waals surface area contributed by atoms with Gasteiger partial charge in [-0.3, -0.25) is 9.59 Å². The minimum atomic E-state index is -3.80. The molecule has 0 saturated heterocycles. The van der Waals surface area contributed by atoms with Gasteiger partial charge in [-0.1, -0.05) is 30.2 Å². The summed E-state index contributed by atoms with van der Waals surface area (Å²) in [4.78, 5) is 24.6. The van der Waals surface area contributed by atoms with E-state index in [2.05, 4.69) is 5.32 Å². The average molecular weight is 423 g/mol. The van der Waals surface area contributed by atoms with Crippen molar-refractivity contribution in [1.29, 1.82) is 0 Å². The van der Waals surface area contributed by atoms with Gasteiger partial charge in [-0.2, -0.15) is 0 Å². The quantitative estimate of drug-likeness (QED) is 0.694. The van der Waals surface area contributed by atoms with Gasteiger partial charge in [-0.25, -0.2) is 13.6 Å². The van der Waals surface area contributed by atoms with Gasteiger partial charge in [0, 0.05) is 10.7 Å². The Bertz CT molecular complexity index is 984. The number of rotatable bonds is 6. The number of nitrogens with one attached hydrogen (secondary N) is 1. The van der Waals surface area contributed by atoms with Crippen LogP contribution in [-0.4, -0.2) is 26.9 Å². The van der Waals surface area contributed by atoms with Crippen LogP contribution in [0.25, 0.3) is 0 Å². The molecule has 2 aromatic rings. The number of amides is 1. The van der Waals surface area contributed by atoms with Crippen molar-refractivity contribution in [3.8, 4) is 0 Å². The predicted octanol–water partition coefficient (Wildman–Crippen LogP) is 2.59. The lowest BCUT2D eigenvalue weighted by Crippen LogP contribution is -2.44. The van der Waals surface area contributed by atoms with Crippen molar-refractivity contribution in [1.82, 2.24) is 0 Å². The Hall–Kier alpha value is -2.42. The van der Waals surface area contributed by atoms with Gasteiger partial charge in [-0.05, 0) is 54.8 Å². The maximum absolute atomic E-state index is 12.6. The molecule has 0 spiro atoms. The first-order valence-corrected chi connectivity index (χ1v) is 10.5. The Morgan fingerprint density at radius 2 is 1.68 bits per heavy atom. The van der Waals surface area contributed by atoms with Crippen molar-refractivity contribution in [2.24, 2.45) is 5.14 Å². The number of hydrogen-bond acceptors (Lipinski definition) is 5. The zero-order chi connectivity index (χ0) is 20.4. The molecule has 0 radical (unpaired) electrons. The third-order valence-corrected chi connectivity index (χ3v) is 5.98. The monoisotopic (exact) mass is 422 g/mol. The lowest BCUT2D eigenvalue weighted by atomic mass is 9.64. The zero-order valence-corrected chi connectivity index (χ0v) is 16.4. The molecule has 1 amide bonds. The van der Waals surface area contributed by atoms with E-state index in [0.29, 0.717) is 23.6 Å². The number of primary sulfonamides is 1. The highest BCUT2D eigenvalue weighted by Gasteiger charge is 2.47. The highest BCUT2D eigenvalue weighted by Crippen LogP contribution is 2.45. The van der Waals surface area contributed by atoms with Gasteiger partial charge in [0.05, 0.1) is 10.3 Å². The predicted molar refractivity (Wildman–Crippen MR) is 104 cm³/mol. The molecule has 0 unspecified atom stereocenters. The van der Waals surface area contributed by atoms with E-state index in [-0.39, 0.29) is 4.90 Å². The number of carbonyl (C=O) groups is 2. The van der Waals surface area contributed by atoms with Gasteiger partial charge >= 0.3 is 5.97 Å². The third-order valence-electron chi connectivity index (χ3n) is 4.80. The molecule has 9 heteroatoms. The van der Waals surface area contributed by atoms with Crippen LogP contribution < -0.4 is 10.5 Å². The minimum absolute atomic E-state index is 0.0631. The number of hydrogen-bond donors (Lipinski definition) is 2. The van der Waals surface area contributed by atoms with Crippen LogP contribution in [-0.2, 0) is 29.8 Å².